The molecule has 3 heterocycles. The van der Waals surface area contributed by atoms with Gasteiger partial charge in [0.2, 0.25) is 0 Å². The molecule has 1 aromatic heterocycles. The molecular weight excluding hydrogens is 402 g/mol. The SMILES string of the molecule is c1coc(CCN=C(NC2CCOc3ccccc32)NC2C3CCOC3C23CCCC3)c1. The average Bonchev–Trinajstić information content (AvgIpc) is 3.59. The molecule has 170 valence electrons. The van der Waals surface area contributed by atoms with Crippen molar-refractivity contribution in [3.05, 3.63) is 54.0 Å². The molecule has 2 aliphatic carbocycles. The van der Waals surface area contributed by atoms with Crippen molar-refractivity contribution in [1.82, 2.24) is 10.6 Å². The summed E-state index contributed by atoms with van der Waals surface area (Å²) in [6.07, 6.45) is 10.2. The fourth-order valence-electron chi connectivity index (χ4n) is 6.57. The Hall–Kier alpha value is -2.47. The third kappa shape index (κ3) is 3.49. The molecule has 1 spiro atoms. The number of furan rings is 1. The zero-order valence-electron chi connectivity index (χ0n) is 18.6. The molecule has 6 rings (SSSR count). The lowest BCUT2D eigenvalue weighted by Gasteiger charge is -2.57. The van der Waals surface area contributed by atoms with Gasteiger partial charge in [0.05, 0.1) is 25.0 Å². The Morgan fingerprint density at radius 2 is 1.94 bits per heavy atom. The molecule has 0 amide bonds. The number of para-hydroxylation sites is 1. The summed E-state index contributed by atoms with van der Waals surface area (Å²) in [4.78, 5) is 5.01. The highest BCUT2D eigenvalue weighted by molar-refractivity contribution is 5.81. The second kappa shape index (κ2) is 8.47. The van der Waals surface area contributed by atoms with Crippen LogP contribution >= 0.6 is 0 Å². The summed E-state index contributed by atoms with van der Waals surface area (Å²) in [5, 5.41) is 7.67. The molecule has 4 aliphatic rings. The summed E-state index contributed by atoms with van der Waals surface area (Å²) in [7, 11) is 0. The maximum absolute atomic E-state index is 6.20. The lowest BCUT2D eigenvalue weighted by atomic mass is 9.54. The molecule has 3 fully saturated rings. The lowest BCUT2D eigenvalue weighted by molar-refractivity contribution is -0.125. The van der Waals surface area contributed by atoms with Gasteiger partial charge in [-0.3, -0.25) is 4.99 Å². The molecule has 2 aliphatic heterocycles. The minimum Gasteiger partial charge on any atom is -0.493 e. The quantitative estimate of drug-likeness (QED) is 0.543. The van der Waals surface area contributed by atoms with Crippen LogP contribution in [-0.4, -0.2) is 37.9 Å². The van der Waals surface area contributed by atoms with Gasteiger partial charge in [0.25, 0.3) is 0 Å². The minimum absolute atomic E-state index is 0.199. The van der Waals surface area contributed by atoms with E-state index in [9.17, 15) is 0 Å². The van der Waals surface area contributed by atoms with Crippen molar-refractivity contribution in [2.75, 3.05) is 19.8 Å². The van der Waals surface area contributed by atoms with E-state index in [4.69, 9.17) is 18.9 Å². The third-order valence-corrected chi connectivity index (χ3v) is 8.06. The van der Waals surface area contributed by atoms with Gasteiger partial charge < -0.3 is 24.5 Å². The van der Waals surface area contributed by atoms with Crippen LogP contribution in [0.1, 0.15) is 55.9 Å². The van der Waals surface area contributed by atoms with E-state index in [1.165, 1.54) is 31.2 Å². The summed E-state index contributed by atoms with van der Waals surface area (Å²) in [5.74, 6) is 3.48. The van der Waals surface area contributed by atoms with Gasteiger partial charge >= 0.3 is 0 Å². The maximum Gasteiger partial charge on any atom is 0.192 e. The molecule has 0 radical (unpaired) electrons. The first-order valence-corrected chi connectivity index (χ1v) is 12.3. The molecule has 0 bridgehead atoms. The highest BCUT2D eigenvalue weighted by atomic mass is 16.5. The van der Waals surface area contributed by atoms with Crippen LogP contribution in [0.15, 0.2) is 52.1 Å². The van der Waals surface area contributed by atoms with Crippen LogP contribution in [0.5, 0.6) is 5.75 Å². The van der Waals surface area contributed by atoms with Crippen molar-refractivity contribution in [2.45, 2.75) is 63.1 Å². The monoisotopic (exact) mass is 435 g/mol. The number of nitrogens with zero attached hydrogens (tertiary/aromatic N) is 1. The van der Waals surface area contributed by atoms with Gasteiger partial charge in [-0.2, -0.15) is 0 Å². The van der Waals surface area contributed by atoms with Crippen LogP contribution in [0.4, 0.5) is 0 Å². The number of aliphatic imine (C=N–C) groups is 1. The lowest BCUT2D eigenvalue weighted by Crippen LogP contribution is -2.69. The van der Waals surface area contributed by atoms with E-state index in [2.05, 4.69) is 28.8 Å². The third-order valence-electron chi connectivity index (χ3n) is 8.06. The van der Waals surface area contributed by atoms with Crippen molar-refractivity contribution in [3.8, 4) is 5.75 Å². The Labute approximate surface area is 189 Å². The zero-order valence-corrected chi connectivity index (χ0v) is 18.6. The Bertz CT molecular complexity index is 951. The van der Waals surface area contributed by atoms with Crippen LogP contribution < -0.4 is 15.4 Å². The Balaban J connectivity index is 1.23. The van der Waals surface area contributed by atoms with Gasteiger partial charge in [0, 0.05) is 48.9 Å². The first kappa shape index (κ1) is 20.2. The van der Waals surface area contributed by atoms with Gasteiger partial charge in [0.1, 0.15) is 11.5 Å². The van der Waals surface area contributed by atoms with Crippen LogP contribution in [0.2, 0.25) is 0 Å². The number of rotatable bonds is 5. The molecule has 4 atom stereocenters. The Kier molecular flexibility index (Phi) is 5.34. The van der Waals surface area contributed by atoms with Crippen molar-refractivity contribution in [2.24, 2.45) is 16.3 Å². The number of nitrogens with one attached hydrogen (secondary N) is 2. The summed E-state index contributed by atoms with van der Waals surface area (Å²) in [6.45, 7) is 2.32. The summed E-state index contributed by atoms with van der Waals surface area (Å²) in [5.41, 5.74) is 1.50. The van der Waals surface area contributed by atoms with Gasteiger partial charge in [-0.25, -0.2) is 0 Å². The molecule has 32 heavy (non-hydrogen) atoms. The summed E-state index contributed by atoms with van der Waals surface area (Å²) >= 11 is 0. The normalized spacial score (nSPS) is 30.3. The number of benzene rings is 1. The zero-order chi connectivity index (χ0) is 21.4. The van der Waals surface area contributed by atoms with Gasteiger partial charge in [-0.05, 0) is 37.5 Å². The predicted molar refractivity (Wildman–Crippen MR) is 123 cm³/mol. The Morgan fingerprint density at radius 1 is 1.03 bits per heavy atom. The van der Waals surface area contributed by atoms with Crippen LogP contribution in [0.3, 0.4) is 0 Å². The number of hydrogen-bond donors (Lipinski definition) is 2. The van der Waals surface area contributed by atoms with E-state index in [0.29, 0.717) is 24.6 Å². The highest BCUT2D eigenvalue weighted by Gasteiger charge is 2.65. The molecule has 2 N–H and O–H groups in total. The van der Waals surface area contributed by atoms with E-state index in [1.807, 2.05) is 18.2 Å². The first-order valence-electron chi connectivity index (χ1n) is 12.3. The predicted octanol–water partition coefficient (Wildman–Crippen LogP) is 4.23. The van der Waals surface area contributed by atoms with Crippen molar-refractivity contribution in [3.63, 3.8) is 0 Å². The second-order valence-corrected chi connectivity index (χ2v) is 9.74. The smallest absolute Gasteiger partial charge is 0.192 e. The molecular formula is C26H33N3O3. The van der Waals surface area contributed by atoms with E-state index in [-0.39, 0.29) is 11.5 Å². The topological polar surface area (TPSA) is 68.0 Å². The fourth-order valence-corrected chi connectivity index (χ4v) is 6.57. The van der Waals surface area contributed by atoms with Crippen LogP contribution in [0.25, 0.3) is 0 Å². The van der Waals surface area contributed by atoms with E-state index < -0.39 is 0 Å². The molecule has 1 saturated heterocycles. The van der Waals surface area contributed by atoms with E-state index in [0.717, 1.165) is 49.9 Å². The first-order chi connectivity index (χ1) is 15.8. The molecule has 6 heteroatoms. The van der Waals surface area contributed by atoms with Crippen molar-refractivity contribution < 1.29 is 13.9 Å². The molecule has 6 nitrogen and oxygen atoms in total. The number of fused-ring (bicyclic) bond motifs is 3. The molecule has 4 unspecified atom stereocenters. The van der Waals surface area contributed by atoms with E-state index >= 15 is 0 Å². The Morgan fingerprint density at radius 3 is 2.81 bits per heavy atom. The van der Waals surface area contributed by atoms with Gasteiger partial charge in [0.15, 0.2) is 5.96 Å². The van der Waals surface area contributed by atoms with Crippen molar-refractivity contribution in [1.29, 1.82) is 0 Å². The highest BCUT2D eigenvalue weighted by Crippen LogP contribution is 2.60. The van der Waals surface area contributed by atoms with Crippen LogP contribution in [0, 0.1) is 11.3 Å². The summed E-state index contributed by atoms with van der Waals surface area (Å²) in [6, 6.07) is 12.9. The summed E-state index contributed by atoms with van der Waals surface area (Å²) < 4.78 is 17.6. The van der Waals surface area contributed by atoms with Crippen molar-refractivity contribution >= 4 is 5.96 Å². The molecule has 2 aromatic rings. The second-order valence-electron chi connectivity index (χ2n) is 9.74. The molecule has 1 aromatic carbocycles. The number of guanidine groups is 1. The average molecular weight is 436 g/mol. The van der Waals surface area contributed by atoms with E-state index in [1.54, 1.807) is 6.26 Å². The van der Waals surface area contributed by atoms with Gasteiger partial charge in [-0.15, -0.1) is 0 Å². The standard InChI is InChI=1S/C26H33N3O3/c1-2-8-22-19(7-1)21(11-17-31-22)28-25(27-14-9-18-6-5-15-30-18)29-23-20-10-16-32-24(20)26(23)12-3-4-13-26/h1-2,5-8,15,20-21,23-24H,3-4,9-14,16-17H2,(H2,27,28,29). The van der Waals surface area contributed by atoms with Crippen LogP contribution in [-0.2, 0) is 11.2 Å². The maximum atomic E-state index is 6.20. The minimum atomic E-state index is 0.199. The fraction of sp³-hybridized carbons (Fsp3) is 0.577. The number of ether oxygens (including phenoxy) is 2. The molecule has 2 saturated carbocycles. The number of hydrogen-bond acceptors (Lipinski definition) is 4. The van der Waals surface area contributed by atoms with Gasteiger partial charge in [-0.1, -0.05) is 31.0 Å². The largest absolute Gasteiger partial charge is 0.493 e.